The number of benzene rings is 2. The van der Waals surface area contributed by atoms with Gasteiger partial charge in [0.05, 0.1) is 27.1 Å². The number of hydrogen-bond donors (Lipinski definition) is 0. The summed E-state index contributed by atoms with van der Waals surface area (Å²) in [5.41, 5.74) is 3.70. The molecule has 0 bridgehead atoms. The van der Waals surface area contributed by atoms with Crippen LogP contribution >= 0.6 is 22.9 Å². The highest BCUT2D eigenvalue weighted by Crippen LogP contribution is 2.35. The van der Waals surface area contributed by atoms with Crippen LogP contribution in [0.4, 0.5) is 11.4 Å². The molecule has 0 spiro atoms. The number of aryl methyl sites for hydroxylation is 2. The Hall–Kier alpha value is -4.33. The average molecular weight is 543 g/mol. The van der Waals surface area contributed by atoms with E-state index < -0.39 is 4.92 Å². The van der Waals surface area contributed by atoms with E-state index in [2.05, 4.69) is 22.0 Å². The van der Waals surface area contributed by atoms with Crippen molar-refractivity contribution in [3.8, 4) is 16.8 Å². The van der Waals surface area contributed by atoms with Crippen LogP contribution < -0.4 is 4.90 Å². The molecule has 188 valence electrons. The van der Waals surface area contributed by atoms with Gasteiger partial charge in [-0.05, 0) is 37.1 Å². The standard InChI is InChI=1S/C27H19ClN6O3S/c1-16-30-31-24-15-29-26(20-13-18(34(36)37)9-10-22(20)28)21-14-19(38-27(21)33(16)24)6-4-12-32-23-7-3-2-5-17(23)8-11-25(32)35/h2-3,5,7,9-10,13-14H,8,11-12,15H2,1H3. The summed E-state index contributed by atoms with van der Waals surface area (Å²) in [6.07, 6.45) is 1.20. The van der Waals surface area contributed by atoms with Crippen LogP contribution in [0.5, 0.6) is 0 Å². The molecule has 0 aliphatic carbocycles. The predicted octanol–water partition coefficient (Wildman–Crippen LogP) is 4.88. The number of nitrogens with zero attached hydrogens (tertiary/aromatic N) is 6. The normalized spacial score (nSPS) is 14.0. The third kappa shape index (κ3) is 4.16. The number of rotatable bonds is 3. The van der Waals surface area contributed by atoms with Crippen molar-refractivity contribution in [2.75, 3.05) is 11.4 Å². The Bertz CT molecular complexity index is 1730. The molecule has 38 heavy (non-hydrogen) atoms. The van der Waals surface area contributed by atoms with Gasteiger partial charge in [-0.15, -0.1) is 21.5 Å². The van der Waals surface area contributed by atoms with E-state index in [1.165, 1.54) is 29.5 Å². The first-order valence-corrected chi connectivity index (χ1v) is 13.0. The Kier molecular flexibility index (Phi) is 6.02. The van der Waals surface area contributed by atoms with Crippen LogP contribution in [0.3, 0.4) is 0 Å². The Morgan fingerprint density at radius 2 is 1.97 bits per heavy atom. The summed E-state index contributed by atoms with van der Waals surface area (Å²) in [5, 5.41) is 21.1. The second-order valence-corrected chi connectivity index (χ2v) is 10.3. The fraction of sp³-hybridized carbons (Fsp3) is 0.185. The molecule has 4 aromatic rings. The maximum Gasteiger partial charge on any atom is 0.270 e. The molecule has 6 rings (SSSR count). The summed E-state index contributed by atoms with van der Waals surface area (Å²) in [4.78, 5) is 30.8. The lowest BCUT2D eigenvalue weighted by Crippen LogP contribution is -2.35. The number of carbonyl (C=O) groups is 1. The summed E-state index contributed by atoms with van der Waals surface area (Å²) >= 11 is 7.95. The summed E-state index contributed by atoms with van der Waals surface area (Å²) < 4.78 is 1.93. The van der Waals surface area contributed by atoms with E-state index in [0.717, 1.165) is 33.1 Å². The van der Waals surface area contributed by atoms with E-state index in [-0.39, 0.29) is 24.7 Å². The Morgan fingerprint density at radius 3 is 2.82 bits per heavy atom. The van der Waals surface area contributed by atoms with Crippen LogP contribution in [-0.4, -0.2) is 37.9 Å². The van der Waals surface area contributed by atoms with Crippen LogP contribution in [0.15, 0.2) is 53.5 Å². The van der Waals surface area contributed by atoms with Gasteiger partial charge in [0.2, 0.25) is 5.91 Å². The van der Waals surface area contributed by atoms with E-state index in [9.17, 15) is 14.9 Å². The maximum atomic E-state index is 12.6. The average Bonchev–Trinajstić information content (AvgIpc) is 3.45. The molecule has 2 aromatic carbocycles. The van der Waals surface area contributed by atoms with Crippen molar-refractivity contribution in [1.29, 1.82) is 0 Å². The second kappa shape index (κ2) is 9.52. The van der Waals surface area contributed by atoms with Gasteiger partial charge < -0.3 is 4.90 Å². The molecule has 0 atom stereocenters. The van der Waals surface area contributed by atoms with E-state index >= 15 is 0 Å². The quantitative estimate of drug-likeness (QED) is 0.208. The highest BCUT2D eigenvalue weighted by molar-refractivity contribution is 7.15. The van der Waals surface area contributed by atoms with Gasteiger partial charge in [0.1, 0.15) is 17.4 Å². The van der Waals surface area contributed by atoms with Gasteiger partial charge in [0.25, 0.3) is 5.69 Å². The number of nitro benzene ring substituents is 1. The Balaban J connectivity index is 1.41. The molecule has 0 fully saturated rings. The smallest absolute Gasteiger partial charge is 0.270 e. The van der Waals surface area contributed by atoms with Gasteiger partial charge in [-0.3, -0.25) is 24.5 Å². The molecular weight excluding hydrogens is 524 g/mol. The predicted molar refractivity (Wildman–Crippen MR) is 145 cm³/mol. The van der Waals surface area contributed by atoms with Crippen molar-refractivity contribution in [2.24, 2.45) is 4.99 Å². The van der Waals surface area contributed by atoms with Crippen molar-refractivity contribution in [1.82, 2.24) is 14.8 Å². The number of hydrogen-bond acceptors (Lipinski definition) is 7. The molecule has 4 heterocycles. The SMILES string of the molecule is Cc1nnc2n1-c1sc(C#CCN3C(=O)CCc4ccccc43)cc1C(c1cc([N+](=O)[O-])ccc1Cl)=NC2. The Labute approximate surface area is 226 Å². The first kappa shape index (κ1) is 24.0. The first-order valence-electron chi connectivity index (χ1n) is 11.8. The van der Waals surface area contributed by atoms with E-state index in [1.807, 2.05) is 41.8 Å². The number of halogens is 1. The molecule has 0 saturated heterocycles. The minimum absolute atomic E-state index is 0.0550. The number of aromatic nitrogens is 3. The lowest BCUT2D eigenvalue weighted by molar-refractivity contribution is -0.384. The van der Waals surface area contributed by atoms with Crippen molar-refractivity contribution >= 4 is 45.9 Å². The third-order valence-corrected chi connectivity index (χ3v) is 7.86. The highest BCUT2D eigenvalue weighted by Gasteiger charge is 2.27. The fourth-order valence-corrected chi connectivity index (χ4v) is 6.01. The van der Waals surface area contributed by atoms with Gasteiger partial charge >= 0.3 is 0 Å². The second-order valence-electron chi connectivity index (χ2n) is 8.82. The highest BCUT2D eigenvalue weighted by atomic mass is 35.5. The molecule has 1 amide bonds. The molecule has 0 saturated carbocycles. The molecule has 2 aliphatic rings. The van der Waals surface area contributed by atoms with Crippen molar-refractivity contribution < 1.29 is 9.72 Å². The van der Waals surface area contributed by atoms with Crippen LogP contribution in [0.1, 0.15) is 39.6 Å². The van der Waals surface area contributed by atoms with Crippen LogP contribution in [0.25, 0.3) is 5.00 Å². The third-order valence-electron chi connectivity index (χ3n) is 6.50. The zero-order chi connectivity index (χ0) is 26.4. The van der Waals surface area contributed by atoms with Crippen molar-refractivity contribution in [2.45, 2.75) is 26.3 Å². The lowest BCUT2D eigenvalue weighted by atomic mass is 10.0. The van der Waals surface area contributed by atoms with E-state index in [4.69, 9.17) is 16.6 Å². The first-order chi connectivity index (χ1) is 18.4. The van der Waals surface area contributed by atoms with Crippen LogP contribution in [0.2, 0.25) is 5.02 Å². The number of nitro groups is 1. The number of thiophene rings is 1. The zero-order valence-electron chi connectivity index (χ0n) is 20.1. The van der Waals surface area contributed by atoms with Crippen molar-refractivity contribution in [3.63, 3.8) is 0 Å². The maximum absolute atomic E-state index is 12.6. The van der Waals surface area contributed by atoms with Crippen LogP contribution in [0, 0.1) is 28.9 Å². The van der Waals surface area contributed by atoms with Gasteiger partial charge in [0, 0.05) is 35.4 Å². The number of anilines is 1. The fourth-order valence-electron chi connectivity index (χ4n) is 4.70. The molecular formula is C27H19ClN6O3S. The minimum Gasteiger partial charge on any atom is -0.300 e. The molecule has 9 nitrogen and oxygen atoms in total. The molecule has 0 radical (unpaired) electrons. The largest absolute Gasteiger partial charge is 0.300 e. The van der Waals surface area contributed by atoms with E-state index in [1.54, 1.807) is 4.90 Å². The number of non-ortho nitro benzene ring substituents is 1. The van der Waals surface area contributed by atoms with Crippen LogP contribution in [-0.2, 0) is 17.8 Å². The van der Waals surface area contributed by atoms with E-state index in [0.29, 0.717) is 34.4 Å². The Morgan fingerprint density at radius 1 is 1.13 bits per heavy atom. The number of para-hydroxylation sites is 1. The molecule has 2 aromatic heterocycles. The number of fused-ring (bicyclic) bond motifs is 4. The molecule has 2 aliphatic heterocycles. The summed E-state index contributed by atoms with van der Waals surface area (Å²) in [7, 11) is 0. The summed E-state index contributed by atoms with van der Waals surface area (Å²) in [5.74, 6) is 7.76. The van der Waals surface area contributed by atoms with Gasteiger partial charge in [-0.2, -0.15) is 0 Å². The summed E-state index contributed by atoms with van der Waals surface area (Å²) in [6, 6.07) is 14.1. The summed E-state index contributed by atoms with van der Waals surface area (Å²) in [6.45, 7) is 2.37. The number of carbonyl (C=O) groups excluding carboxylic acids is 1. The number of aliphatic imine (C=N–C) groups is 1. The minimum atomic E-state index is -0.457. The van der Waals surface area contributed by atoms with Gasteiger partial charge in [0.15, 0.2) is 5.82 Å². The lowest BCUT2D eigenvalue weighted by Gasteiger charge is -2.27. The molecule has 0 unspecified atom stereocenters. The van der Waals surface area contributed by atoms with Gasteiger partial charge in [-0.1, -0.05) is 41.6 Å². The monoisotopic (exact) mass is 542 g/mol. The number of amides is 1. The zero-order valence-corrected chi connectivity index (χ0v) is 21.7. The topological polar surface area (TPSA) is 107 Å². The van der Waals surface area contributed by atoms with Gasteiger partial charge in [-0.25, -0.2) is 0 Å². The molecule has 11 heteroatoms. The van der Waals surface area contributed by atoms with Crippen molar-refractivity contribution in [3.05, 3.63) is 96.9 Å². The molecule has 0 N–H and O–H groups in total.